The summed E-state index contributed by atoms with van der Waals surface area (Å²) in [7, 11) is 0. The molecule has 0 aliphatic rings. The lowest BCUT2D eigenvalue weighted by molar-refractivity contribution is 0.579. The lowest BCUT2D eigenvalue weighted by atomic mass is 10.1. The van der Waals surface area contributed by atoms with Gasteiger partial charge in [-0.05, 0) is 52.7 Å². The van der Waals surface area contributed by atoms with E-state index in [4.69, 9.17) is 5.26 Å². The van der Waals surface area contributed by atoms with Crippen molar-refractivity contribution in [3.05, 3.63) is 56.2 Å². The SMILES string of the molecule is CC(NCc1ccc(Br)s1)c1ccc(C#N)cc1. The summed E-state index contributed by atoms with van der Waals surface area (Å²) in [6.07, 6.45) is 0. The normalized spacial score (nSPS) is 12.1. The second kappa shape index (κ2) is 6.14. The molecule has 1 aromatic carbocycles. The minimum atomic E-state index is 0.276. The van der Waals surface area contributed by atoms with Crippen molar-refractivity contribution in [3.8, 4) is 6.07 Å². The second-order valence-corrected chi connectivity index (χ2v) is 6.59. The number of hydrogen-bond acceptors (Lipinski definition) is 3. The van der Waals surface area contributed by atoms with E-state index < -0.39 is 0 Å². The lowest BCUT2D eigenvalue weighted by Crippen LogP contribution is -2.17. The Kier molecular flexibility index (Phi) is 4.54. The molecule has 4 heteroatoms. The van der Waals surface area contributed by atoms with E-state index in [1.165, 1.54) is 10.4 Å². The van der Waals surface area contributed by atoms with Crippen LogP contribution in [-0.4, -0.2) is 0 Å². The molecule has 1 atom stereocenters. The van der Waals surface area contributed by atoms with E-state index in [0.29, 0.717) is 5.56 Å². The maximum absolute atomic E-state index is 8.75. The van der Waals surface area contributed by atoms with E-state index in [1.807, 2.05) is 24.3 Å². The summed E-state index contributed by atoms with van der Waals surface area (Å²) in [5.41, 5.74) is 1.90. The van der Waals surface area contributed by atoms with Gasteiger partial charge >= 0.3 is 0 Å². The number of nitrogens with one attached hydrogen (secondary N) is 1. The van der Waals surface area contributed by atoms with Gasteiger partial charge in [-0.2, -0.15) is 5.26 Å². The van der Waals surface area contributed by atoms with E-state index in [-0.39, 0.29) is 6.04 Å². The third kappa shape index (κ3) is 3.42. The van der Waals surface area contributed by atoms with Gasteiger partial charge in [0.25, 0.3) is 0 Å². The van der Waals surface area contributed by atoms with Crippen LogP contribution in [0.3, 0.4) is 0 Å². The zero-order valence-electron chi connectivity index (χ0n) is 9.98. The summed E-state index contributed by atoms with van der Waals surface area (Å²) in [5.74, 6) is 0. The molecular weight excluding hydrogens is 308 g/mol. The van der Waals surface area contributed by atoms with Crippen molar-refractivity contribution < 1.29 is 0 Å². The van der Waals surface area contributed by atoms with Crippen LogP contribution in [-0.2, 0) is 6.54 Å². The molecule has 0 aliphatic carbocycles. The predicted octanol–water partition coefficient (Wildman–Crippen LogP) is 4.23. The molecule has 0 fully saturated rings. The molecule has 2 aromatic rings. The van der Waals surface area contributed by atoms with Crippen molar-refractivity contribution in [2.75, 3.05) is 0 Å². The van der Waals surface area contributed by atoms with Gasteiger partial charge < -0.3 is 5.32 Å². The van der Waals surface area contributed by atoms with E-state index >= 15 is 0 Å². The first-order chi connectivity index (χ1) is 8.69. The van der Waals surface area contributed by atoms with Crippen molar-refractivity contribution in [3.63, 3.8) is 0 Å². The minimum absolute atomic E-state index is 0.276. The summed E-state index contributed by atoms with van der Waals surface area (Å²) < 4.78 is 1.16. The quantitative estimate of drug-likeness (QED) is 0.914. The maximum atomic E-state index is 8.75. The van der Waals surface area contributed by atoms with Crippen LogP contribution in [0.5, 0.6) is 0 Å². The van der Waals surface area contributed by atoms with Gasteiger partial charge in [-0.15, -0.1) is 11.3 Å². The van der Waals surface area contributed by atoms with Crippen LogP contribution in [0.1, 0.15) is 29.0 Å². The van der Waals surface area contributed by atoms with Gasteiger partial charge in [0, 0.05) is 17.5 Å². The number of benzene rings is 1. The molecule has 0 saturated carbocycles. The molecule has 0 bridgehead atoms. The highest BCUT2D eigenvalue weighted by Gasteiger charge is 2.05. The Labute approximate surface area is 119 Å². The number of rotatable bonds is 4. The second-order valence-electron chi connectivity index (χ2n) is 4.04. The van der Waals surface area contributed by atoms with Gasteiger partial charge in [0.05, 0.1) is 15.4 Å². The van der Waals surface area contributed by atoms with E-state index in [2.05, 4.69) is 46.4 Å². The standard InChI is InChI=1S/C14H13BrN2S/c1-10(12-4-2-11(8-16)3-5-12)17-9-13-6-7-14(15)18-13/h2-7,10,17H,9H2,1H3. The Morgan fingerprint density at radius 1 is 1.28 bits per heavy atom. The summed E-state index contributed by atoms with van der Waals surface area (Å²) in [6, 6.07) is 14.3. The maximum Gasteiger partial charge on any atom is 0.0991 e. The summed E-state index contributed by atoms with van der Waals surface area (Å²) >= 11 is 5.20. The van der Waals surface area contributed by atoms with Crippen LogP contribution in [0, 0.1) is 11.3 Å². The lowest BCUT2D eigenvalue weighted by Gasteiger charge is -2.13. The molecule has 1 N–H and O–H groups in total. The number of nitriles is 1. The molecule has 0 amide bonds. The smallest absolute Gasteiger partial charge is 0.0991 e. The molecule has 2 rings (SSSR count). The Hall–Kier alpha value is -1.15. The van der Waals surface area contributed by atoms with E-state index in [1.54, 1.807) is 11.3 Å². The van der Waals surface area contributed by atoms with E-state index in [0.717, 1.165) is 10.3 Å². The fourth-order valence-electron chi connectivity index (χ4n) is 1.66. The molecule has 0 saturated heterocycles. The summed E-state index contributed by atoms with van der Waals surface area (Å²) in [5, 5.41) is 12.2. The average Bonchev–Trinajstić information content (AvgIpc) is 2.82. The first kappa shape index (κ1) is 13.3. The van der Waals surface area contributed by atoms with Gasteiger partial charge in [-0.3, -0.25) is 0 Å². The molecule has 2 nitrogen and oxygen atoms in total. The Bertz CT molecular complexity index is 554. The van der Waals surface area contributed by atoms with Gasteiger partial charge in [-0.1, -0.05) is 12.1 Å². The van der Waals surface area contributed by atoms with Crippen molar-refractivity contribution in [2.45, 2.75) is 19.5 Å². The monoisotopic (exact) mass is 320 g/mol. The van der Waals surface area contributed by atoms with Crippen LogP contribution >= 0.6 is 27.3 Å². The van der Waals surface area contributed by atoms with Crippen LogP contribution in [0.2, 0.25) is 0 Å². The zero-order valence-corrected chi connectivity index (χ0v) is 12.4. The number of halogens is 1. The third-order valence-corrected chi connectivity index (χ3v) is 4.37. The van der Waals surface area contributed by atoms with Crippen LogP contribution in [0.15, 0.2) is 40.2 Å². The average molecular weight is 321 g/mol. The number of hydrogen-bond donors (Lipinski definition) is 1. The third-order valence-electron chi connectivity index (χ3n) is 2.75. The van der Waals surface area contributed by atoms with Gasteiger partial charge in [0.1, 0.15) is 0 Å². The molecule has 18 heavy (non-hydrogen) atoms. The van der Waals surface area contributed by atoms with Crippen LogP contribution in [0.25, 0.3) is 0 Å². The highest BCUT2D eigenvalue weighted by Crippen LogP contribution is 2.22. The van der Waals surface area contributed by atoms with Crippen molar-refractivity contribution in [2.24, 2.45) is 0 Å². The zero-order chi connectivity index (χ0) is 13.0. The molecule has 0 spiro atoms. The van der Waals surface area contributed by atoms with E-state index in [9.17, 15) is 0 Å². The summed E-state index contributed by atoms with van der Waals surface area (Å²) in [6.45, 7) is 2.99. The molecule has 1 unspecified atom stereocenters. The first-order valence-corrected chi connectivity index (χ1v) is 7.27. The highest BCUT2D eigenvalue weighted by molar-refractivity contribution is 9.11. The van der Waals surface area contributed by atoms with Crippen molar-refractivity contribution in [1.29, 1.82) is 5.26 Å². The van der Waals surface area contributed by atoms with Crippen LogP contribution in [0.4, 0.5) is 0 Å². The Morgan fingerprint density at radius 2 is 2.00 bits per heavy atom. The number of thiophene rings is 1. The van der Waals surface area contributed by atoms with Crippen LogP contribution < -0.4 is 5.32 Å². The molecule has 0 radical (unpaired) electrons. The fraction of sp³-hybridized carbons (Fsp3) is 0.214. The topological polar surface area (TPSA) is 35.8 Å². The molecule has 0 aliphatic heterocycles. The minimum Gasteiger partial charge on any atom is -0.305 e. The summed E-state index contributed by atoms with van der Waals surface area (Å²) in [4.78, 5) is 1.31. The molecule has 1 heterocycles. The highest BCUT2D eigenvalue weighted by atomic mass is 79.9. The fourth-order valence-corrected chi connectivity index (χ4v) is 3.10. The largest absolute Gasteiger partial charge is 0.305 e. The number of nitrogens with zero attached hydrogens (tertiary/aromatic N) is 1. The molecule has 1 aromatic heterocycles. The van der Waals surface area contributed by atoms with Gasteiger partial charge in [-0.25, -0.2) is 0 Å². The molecular formula is C14H13BrN2S. The molecule has 92 valence electrons. The van der Waals surface area contributed by atoms with Gasteiger partial charge in [0.2, 0.25) is 0 Å². The first-order valence-electron chi connectivity index (χ1n) is 5.66. The van der Waals surface area contributed by atoms with Crippen molar-refractivity contribution in [1.82, 2.24) is 5.32 Å². The predicted molar refractivity (Wildman–Crippen MR) is 78.4 cm³/mol. The van der Waals surface area contributed by atoms with Gasteiger partial charge in [0.15, 0.2) is 0 Å². The van der Waals surface area contributed by atoms with Crippen molar-refractivity contribution >= 4 is 27.3 Å². The Morgan fingerprint density at radius 3 is 2.56 bits per heavy atom. The Balaban J connectivity index is 1.95.